The van der Waals surface area contributed by atoms with E-state index < -0.39 is 6.10 Å². The Morgan fingerprint density at radius 2 is 1.94 bits per heavy atom. The van der Waals surface area contributed by atoms with Crippen LogP contribution in [0.4, 0.5) is 0 Å². The fourth-order valence-electron chi connectivity index (χ4n) is 4.26. The summed E-state index contributed by atoms with van der Waals surface area (Å²) < 4.78 is 5.97. The Hall–Kier alpha value is -2.83. The molecule has 0 bridgehead atoms. The molecule has 2 aromatic carbocycles. The summed E-state index contributed by atoms with van der Waals surface area (Å²) in [4.78, 5) is 31.1. The van der Waals surface area contributed by atoms with Crippen molar-refractivity contribution in [2.45, 2.75) is 25.9 Å². The maximum absolute atomic E-state index is 13.0. The van der Waals surface area contributed by atoms with Gasteiger partial charge >= 0.3 is 0 Å². The van der Waals surface area contributed by atoms with Crippen molar-refractivity contribution in [3.05, 3.63) is 58.7 Å². The van der Waals surface area contributed by atoms with E-state index >= 15 is 0 Å². The normalized spacial score (nSPS) is 17.0. The Kier molecular flexibility index (Phi) is 7.05. The van der Waals surface area contributed by atoms with E-state index in [2.05, 4.69) is 10.3 Å². The molecule has 1 aliphatic heterocycles. The number of rotatable bonds is 5. The third-order valence-electron chi connectivity index (χ3n) is 5.92. The molecule has 1 unspecified atom stereocenters. The largest absolute Gasteiger partial charge is 0.481 e. The van der Waals surface area contributed by atoms with Crippen LogP contribution in [0.3, 0.4) is 0 Å². The third kappa shape index (κ3) is 5.07. The maximum atomic E-state index is 13.0. The Bertz CT molecular complexity index is 1200. The van der Waals surface area contributed by atoms with E-state index in [1.807, 2.05) is 36.4 Å². The number of hydrogen-bond donors (Lipinski definition) is 1. The van der Waals surface area contributed by atoms with Crippen LogP contribution in [0.25, 0.3) is 22.0 Å². The number of aromatic nitrogens is 1. The zero-order chi connectivity index (χ0) is 23.5. The van der Waals surface area contributed by atoms with Gasteiger partial charge in [-0.3, -0.25) is 9.59 Å². The van der Waals surface area contributed by atoms with E-state index in [0.717, 1.165) is 29.4 Å². The number of ether oxygens (including phenoxy) is 1. The number of benzene rings is 2. The van der Waals surface area contributed by atoms with Gasteiger partial charge in [0.2, 0.25) is 5.91 Å². The van der Waals surface area contributed by atoms with Crippen LogP contribution in [0.15, 0.2) is 48.5 Å². The first-order valence-corrected chi connectivity index (χ1v) is 11.6. The number of likely N-dealkylation sites (tertiary alicyclic amines) is 1. The zero-order valence-corrected chi connectivity index (χ0v) is 20.0. The van der Waals surface area contributed by atoms with Gasteiger partial charge in [0.15, 0.2) is 6.10 Å². The minimum absolute atomic E-state index is 0.0344. The van der Waals surface area contributed by atoms with E-state index in [1.165, 1.54) is 0 Å². The second kappa shape index (κ2) is 9.98. The van der Waals surface area contributed by atoms with Gasteiger partial charge in [-0.05, 0) is 49.6 Å². The average molecular weight is 486 g/mol. The van der Waals surface area contributed by atoms with E-state index in [0.29, 0.717) is 34.5 Å². The third-order valence-corrected chi connectivity index (χ3v) is 6.45. The molecular formula is C25H25Cl2N3O3. The highest BCUT2D eigenvalue weighted by atomic mass is 35.5. The molecule has 0 saturated carbocycles. The topological polar surface area (TPSA) is 71.5 Å². The summed E-state index contributed by atoms with van der Waals surface area (Å²) in [6, 6.07) is 14.8. The second-order valence-electron chi connectivity index (χ2n) is 8.15. The first-order chi connectivity index (χ1) is 15.9. The van der Waals surface area contributed by atoms with Gasteiger partial charge in [0.1, 0.15) is 10.9 Å². The first kappa shape index (κ1) is 23.3. The second-order valence-corrected chi connectivity index (χ2v) is 8.94. The van der Waals surface area contributed by atoms with Crippen LogP contribution < -0.4 is 10.1 Å². The predicted octanol–water partition coefficient (Wildman–Crippen LogP) is 4.96. The van der Waals surface area contributed by atoms with Crippen molar-refractivity contribution in [3.8, 4) is 16.9 Å². The standard InChI is InChI=1S/C25H25Cl2N3O3/c1-15(25(32)30-11-5-6-16(14-30)24(31)28-2)33-17-9-10-19-20(13-23(27)29-22(19)12-17)18-7-3-4-8-21(18)26/h3-4,7-10,12-13,15-16H,5-6,11,14H2,1-2H3,(H,28,31)/t15?,16-/m0/s1. The maximum Gasteiger partial charge on any atom is 0.263 e. The van der Waals surface area contributed by atoms with Crippen LogP contribution in [0, 0.1) is 5.92 Å². The van der Waals surface area contributed by atoms with E-state index in [1.54, 1.807) is 31.0 Å². The number of piperidine rings is 1. The minimum atomic E-state index is -0.701. The number of nitrogens with one attached hydrogen (secondary N) is 1. The van der Waals surface area contributed by atoms with E-state index in [-0.39, 0.29) is 17.7 Å². The lowest BCUT2D eigenvalue weighted by molar-refractivity contribution is -0.141. The predicted molar refractivity (Wildman–Crippen MR) is 131 cm³/mol. The van der Waals surface area contributed by atoms with Crippen LogP contribution in [0.1, 0.15) is 19.8 Å². The molecule has 33 heavy (non-hydrogen) atoms. The fourth-order valence-corrected chi connectivity index (χ4v) is 4.70. The van der Waals surface area contributed by atoms with Gasteiger partial charge in [0.05, 0.1) is 11.4 Å². The van der Waals surface area contributed by atoms with Crippen molar-refractivity contribution >= 4 is 45.9 Å². The Balaban J connectivity index is 1.55. The molecule has 1 aromatic heterocycles. The number of pyridine rings is 1. The van der Waals surface area contributed by atoms with Crippen molar-refractivity contribution in [2.24, 2.45) is 5.92 Å². The summed E-state index contributed by atoms with van der Waals surface area (Å²) in [5.74, 6) is 0.158. The lowest BCUT2D eigenvalue weighted by atomic mass is 9.97. The molecule has 2 heterocycles. The lowest BCUT2D eigenvalue weighted by Crippen LogP contribution is -2.48. The number of nitrogens with zero attached hydrogens (tertiary/aromatic N) is 2. The van der Waals surface area contributed by atoms with Gasteiger partial charge in [-0.1, -0.05) is 41.4 Å². The number of fused-ring (bicyclic) bond motifs is 1. The summed E-state index contributed by atoms with van der Waals surface area (Å²) in [7, 11) is 1.62. The van der Waals surface area contributed by atoms with Gasteiger partial charge in [-0.15, -0.1) is 0 Å². The Labute approximate surface area is 202 Å². The highest BCUT2D eigenvalue weighted by Gasteiger charge is 2.30. The smallest absolute Gasteiger partial charge is 0.263 e. The van der Waals surface area contributed by atoms with Gasteiger partial charge in [0, 0.05) is 42.2 Å². The minimum Gasteiger partial charge on any atom is -0.481 e. The average Bonchev–Trinajstić information content (AvgIpc) is 2.82. The van der Waals surface area contributed by atoms with Gasteiger partial charge in [-0.2, -0.15) is 0 Å². The molecule has 4 rings (SSSR count). The first-order valence-electron chi connectivity index (χ1n) is 10.9. The van der Waals surface area contributed by atoms with E-state index in [9.17, 15) is 9.59 Å². The Morgan fingerprint density at radius 1 is 1.15 bits per heavy atom. The van der Waals surface area contributed by atoms with Crippen molar-refractivity contribution in [1.82, 2.24) is 15.2 Å². The van der Waals surface area contributed by atoms with Gasteiger partial charge in [-0.25, -0.2) is 4.98 Å². The fraction of sp³-hybridized carbons (Fsp3) is 0.320. The van der Waals surface area contributed by atoms with Crippen LogP contribution >= 0.6 is 23.2 Å². The summed E-state index contributed by atoms with van der Waals surface area (Å²) in [5.41, 5.74) is 2.38. The molecule has 0 radical (unpaired) electrons. The highest BCUT2D eigenvalue weighted by molar-refractivity contribution is 6.34. The molecule has 1 fully saturated rings. The number of hydrogen-bond acceptors (Lipinski definition) is 4. The van der Waals surface area contributed by atoms with Crippen LogP contribution in [0.5, 0.6) is 5.75 Å². The van der Waals surface area contributed by atoms with Crippen molar-refractivity contribution in [2.75, 3.05) is 20.1 Å². The quantitative estimate of drug-likeness (QED) is 0.518. The molecule has 3 aromatic rings. The highest BCUT2D eigenvalue weighted by Crippen LogP contribution is 2.35. The molecule has 2 atom stereocenters. The molecule has 172 valence electrons. The SMILES string of the molecule is CNC(=O)[C@H]1CCCN(C(=O)C(C)Oc2ccc3c(-c4ccccc4Cl)cc(Cl)nc3c2)C1. The summed E-state index contributed by atoms with van der Waals surface area (Å²) in [6.45, 7) is 2.75. The van der Waals surface area contributed by atoms with Crippen molar-refractivity contribution in [3.63, 3.8) is 0 Å². The van der Waals surface area contributed by atoms with E-state index in [4.69, 9.17) is 27.9 Å². The molecule has 0 aliphatic carbocycles. The molecule has 1 aliphatic rings. The number of halogens is 2. The molecule has 6 nitrogen and oxygen atoms in total. The monoisotopic (exact) mass is 485 g/mol. The summed E-state index contributed by atoms with van der Waals surface area (Å²) in [6.07, 6.45) is 0.872. The number of amides is 2. The number of carbonyl (C=O) groups excluding carboxylic acids is 2. The van der Waals surface area contributed by atoms with Crippen LogP contribution in [-0.4, -0.2) is 47.9 Å². The van der Waals surface area contributed by atoms with Crippen molar-refractivity contribution in [1.29, 1.82) is 0 Å². The zero-order valence-electron chi connectivity index (χ0n) is 18.5. The molecule has 1 saturated heterocycles. The molecule has 2 amide bonds. The summed E-state index contributed by atoms with van der Waals surface area (Å²) in [5, 5.41) is 4.51. The van der Waals surface area contributed by atoms with Crippen molar-refractivity contribution < 1.29 is 14.3 Å². The van der Waals surface area contributed by atoms with Crippen LogP contribution in [0.2, 0.25) is 10.2 Å². The molecular weight excluding hydrogens is 461 g/mol. The number of carbonyl (C=O) groups is 2. The van der Waals surface area contributed by atoms with Crippen LogP contribution in [-0.2, 0) is 9.59 Å². The molecule has 0 spiro atoms. The van der Waals surface area contributed by atoms with Gasteiger partial charge in [0.25, 0.3) is 5.91 Å². The summed E-state index contributed by atoms with van der Waals surface area (Å²) >= 11 is 12.7. The molecule has 1 N–H and O–H groups in total. The Morgan fingerprint density at radius 3 is 2.70 bits per heavy atom. The lowest BCUT2D eigenvalue weighted by Gasteiger charge is -2.33. The molecule has 8 heteroatoms. The van der Waals surface area contributed by atoms with Gasteiger partial charge < -0.3 is 15.0 Å².